The van der Waals surface area contributed by atoms with Gasteiger partial charge in [0.2, 0.25) is 0 Å². The highest BCUT2D eigenvalue weighted by atomic mass is 16.6. The lowest BCUT2D eigenvalue weighted by Gasteiger charge is -2.40. The van der Waals surface area contributed by atoms with Crippen LogP contribution in [0.1, 0.15) is 34.8 Å². The number of pyridine rings is 1. The predicted molar refractivity (Wildman–Crippen MR) is 109 cm³/mol. The number of methoxy groups -OCH3 is 1. The number of nitrogens with two attached hydrogens (primary N) is 1. The van der Waals surface area contributed by atoms with E-state index < -0.39 is 10.8 Å². The Morgan fingerprint density at radius 2 is 2.14 bits per heavy atom. The Kier molecular flexibility index (Phi) is 6.28. The average molecular weight is 399 g/mol. The molecule has 2 heterocycles. The van der Waals surface area contributed by atoms with Crippen LogP contribution in [0.5, 0.6) is 5.75 Å². The molecule has 29 heavy (non-hydrogen) atoms. The van der Waals surface area contributed by atoms with Crippen LogP contribution in [0.3, 0.4) is 0 Å². The molecule has 0 saturated carbocycles. The summed E-state index contributed by atoms with van der Waals surface area (Å²) in [5.41, 5.74) is 6.34. The smallest absolute Gasteiger partial charge is 0.288 e. The third-order valence-corrected chi connectivity index (χ3v) is 5.35. The standard InChI is InChI=1S/C20H25N5O4/c1-24-9-3-4-14(18(24)13-5-7-16(29-2)8-6-13)11-22-20-17(19(21)26)10-15(12-23-20)25(27)28/h5-8,10,12,14,18H,3-4,9,11H2,1-2H3,(H2,21,26)(H,22,23). The Morgan fingerprint density at radius 3 is 2.76 bits per heavy atom. The van der Waals surface area contributed by atoms with Crippen molar-refractivity contribution in [3.8, 4) is 5.75 Å². The highest BCUT2D eigenvalue weighted by Crippen LogP contribution is 2.36. The minimum absolute atomic E-state index is 0.0179. The molecule has 3 N–H and O–H groups in total. The zero-order valence-corrected chi connectivity index (χ0v) is 16.5. The lowest BCUT2D eigenvalue weighted by molar-refractivity contribution is -0.385. The molecule has 1 fully saturated rings. The van der Waals surface area contributed by atoms with Crippen molar-refractivity contribution in [3.05, 3.63) is 57.8 Å². The van der Waals surface area contributed by atoms with E-state index in [1.165, 1.54) is 5.56 Å². The first-order chi connectivity index (χ1) is 13.9. The number of nitro groups is 1. The molecule has 9 heteroatoms. The Hall–Kier alpha value is -3.20. The fourth-order valence-corrected chi connectivity index (χ4v) is 3.91. The first-order valence-corrected chi connectivity index (χ1v) is 9.43. The number of aromatic nitrogens is 1. The number of nitrogens with zero attached hydrogens (tertiary/aromatic N) is 3. The fraction of sp³-hybridized carbons (Fsp3) is 0.400. The van der Waals surface area contributed by atoms with Gasteiger partial charge in [-0.05, 0) is 50.0 Å². The van der Waals surface area contributed by atoms with Crippen molar-refractivity contribution in [2.45, 2.75) is 18.9 Å². The minimum atomic E-state index is -0.754. The van der Waals surface area contributed by atoms with E-state index in [-0.39, 0.29) is 29.0 Å². The summed E-state index contributed by atoms with van der Waals surface area (Å²) in [5, 5.41) is 14.1. The van der Waals surface area contributed by atoms with Gasteiger partial charge in [-0.15, -0.1) is 0 Å². The monoisotopic (exact) mass is 399 g/mol. The van der Waals surface area contributed by atoms with E-state index in [4.69, 9.17) is 10.5 Å². The maximum absolute atomic E-state index is 11.7. The van der Waals surface area contributed by atoms with Crippen molar-refractivity contribution in [2.75, 3.05) is 32.6 Å². The molecule has 3 rings (SSSR count). The first-order valence-electron chi connectivity index (χ1n) is 9.43. The number of rotatable bonds is 7. The zero-order valence-electron chi connectivity index (χ0n) is 16.5. The molecule has 1 aliphatic heterocycles. The quantitative estimate of drug-likeness (QED) is 0.542. The van der Waals surface area contributed by atoms with Gasteiger partial charge in [0, 0.05) is 18.7 Å². The van der Waals surface area contributed by atoms with Gasteiger partial charge in [-0.1, -0.05) is 12.1 Å². The number of benzene rings is 1. The molecule has 2 atom stereocenters. The van der Waals surface area contributed by atoms with Gasteiger partial charge in [0.15, 0.2) is 0 Å². The van der Waals surface area contributed by atoms with Crippen molar-refractivity contribution >= 4 is 17.4 Å². The molecule has 2 unspecified atom stereocenters. The maximum atomic E-state index is 11.7. The lowest BCUT2D eigenvalue weighted by atomic mass is 9.85. The van der Waals surface area contributed by atoms with Gasteiger partial charge in [-0.25, -0.2) is 4.98 Å². The summed E-state index contributed by atoms with van der Waals surface area (Å²) in [5.74, 6) is 0.587. The van der Waals surface area contributed by atoms with Crippen molar-refractivity contribution in [3.63, 3.8) is 0 Å². The summed E-state index contributed by atoms with van der Waals surface area (Å²) >= 11 is 0. The maximum Gasteiger partial charge on any atom is 0.288 e. The molecule has 1 aromatic carbocycles. The lowest BCUT2D eigenvalue weighted by Crippen LogP contribution is -2.39. The molecule has 0 spiro atoms. The Balaban J connectivity index is 1.80. The number of likely N-dealkylation sites (tertiary alicyclic amines) is 1. The number of amides is 1. The highest BCUT2D eigenvalue weighted by Gasteiger charge is 2.31. The molecule has 1 amide bonds. The van der Waals surface area contributed by atoms with Crippen molar-refractivity contribution in [1.82, 2.24) is 9.88 Å². The summed E-state index contributed by atoms with van der Waals surface area (Å²) in [6, 6.07) is 9.38. The molecule has 1 aromatic heterocycles. The third kappa shape index (κ3) is 4.62. The second kappa shape index (κ2) is 8.87. The summed E-state index contributed by atoms with van der Waals surface area (Å²) in [6.07, 6.45) is 3.20. The number of anilines is 1. The van der Waals surface area contributed by atoms with Gasteiger partial charge >= 0.3 is 0 Å². The molecule has 9 nitrogen and oxygen atoms in total. The SMILES string of the molecule is COc1ccc(C2C(CNc3ncc([N+](=O)[O-])cc3C(N)=O)CCCN2C)cc1. The van der Waals surface area contributed by atoms with Gasteiger partial charge in [-0.2, -0.15) is 0 Å². The van der Waals surface area contributed by atoms with E-state index >= 15 is 0 Å². The summed E-state index contributed by atoms with van der Waals surface area (Å²) in [4.78, 5) is 28.5. The van der Waals surface area contributed by atoms with Crippen LogP contribution in [0.4, 0.5) is 11.5 Å². The van der Waals surface area contributed by atoms with Crippen LogP contribution < -0.4 is 15.8 Å². The molecule has 0 bridgehead atoms. The number of hydrogen-bond acceptors (Lipinski definition) is 7. The molecular formula is C20H25N5O4. The molecule has 1 saturated heterocycles. The average Bonchev–Trinajstić information content (AvgIpc) is 2.72. The van der Waals surface area contributed by atoms with Crippen LogP contribution in [0.2, 0.25) is 0 Å². The summed E-state index contributed by atoms with van der Waals surface area (Å²) in [7, 11) is 3.74. The van der Waals surface area contributed by atoms with Crippen LogP contribution in [0, 0.1) is 16.0 Å². The van der Waals surface area contributed by atoms with Crippen molar-refractivity contribution < 1.29 is 14.5 Å². The van der Waals surface area contributed by atoms with Crippen molar-refractivity contribution in [1.29, 1.82) is 0 Å². The summed E-state index contributed by atoms with van der Waals surface area (Å²) < 4.78 is 5.25. The van der Waals surface area contributed by atoms with E-state index in [9.17, 15) is 14.9 Å². The normalized spacial score (nSPS) is 19.5. The van der Waals surface area contributed by atoms with Crippen LogP contribution >= 0.6 is 0 Å². The number of nitrogens with one attached hydrogen (secondary N) is 1. The van der Waals surface area contributed by atoms with Gasteiger partial charge in [0.25, 0.3) is 11.6 Å². The second-order valence-corrected chi connectivity index (χ2v) is 7.19. The van der Waals surface area contributed by atoms with E-state index in [1.54, 1.807) is 7.11 Å². The number of carbonyl (C=O) groups is 1. The Bertz CT molecular complexity index is 887. The largest absolute Gasteiger partial charge is 0.497 e. The number of ether oxygens (including phenoxy) is 1. The predicted octanol–water partition coefficient (Wildman–Crippen LogP) is 2.59. The van der Waals surface area contributed by atoms with Crippen LogP contribution in [0.25, 0.3) is 0 Å². The van der Waals surface area contributed by atoms with Crippen LogP contribution in [-0.2, 0) is 0 Å². The Morgan fingerprint density at radius 1 is 1.41 bits per heavy atom. The summed E-state index contributed by atoms with van der Waals surface area (Å²) in [6.45, 7) is 1.56. The van der Waals surface area contributed by atoms with E-state index in [2.05, 4.69) is 34.4 Å². The zero-order chi connectivity index (χ0) is 21.0. The van der Waals surface area contributed by atoms with Gasteiger partial charge < -0.3 is 15.8 Å². The molecule has 0 aliphatic carbocycles. The highest BCUT2D eigenvalue weighted by molar-refractivity contribution is 5.98. The second-order valence-electron chi connectivity index (χ2n) is 7.19. The number of carbonyl (C=O) groups excluding carboxylic acids is 1. The van der Waals surface area contributed by atoms with Gasteiger partial charge in [0.05, 0.1) is 17.6 Å². The van der Waals surface area contributed by atoms with Crippen molar-refractivity contribution in [2.24, 2.45) is 11.7 Å². The van der Waals surface area contributed by atoms with E-state index in [0.29, 0.717) is 6.54 Å². The fourth-order valence-electron chi connectivity index (χ4n) is 3.91. The molecular weight excluding hydrogens is 374 g/mol. The topological polar surface area (TPSA) is 124 Å². The number of hydrogen-bond donors (Lipinski definition) is 2. The number of piperidine rings is 1. The Labute approximate surface area is 169 Å². The van der Waals surface area contributed by atoms with E-state index in [0.717, 1.165) is 37.4 Å². The van der Waals surface area contributed by atoms with Crippen LogP contribution in [-0.4, -0.2) is 48.0 Å². The van der Waals surface area contributed by atoms with E-state index in [1.807, 2.05) is 12.1 Å². The van der Waals surface area contributed by atoms with Gasteiger partial charge in [-0.3, -0.25) is 19.8 Å². The molecule has 154 valence electrons. The minimum Gasteiger partial charge on any atom is -0.497 e. The van der Waals surface area contributed by atoms with Gasteiger partial charge in [0.1, 0.15) is 17.8 Å². The third-order valence-electron chi connectivity index (χ3n) is 5.35. The first kappa shape index (κ1) is 20.5. The van der Waals surface area contributed by atoms with Crippen LogP contribution in [0.15, 0.2) is 36.5 Å². The molecule has 2 aromatic rings. The molecule has 0 radical (unpaired) electrons. The molecule has 1 aliphatic rings. The number of primary amides is 1.